The van der Waals surface area contributed by atoms with E-state index in [2.05, 4.69) is 27.5 Å². The van der Waals surface area contributed by atoms with Gasteiger partial charge in [0.25, 0.3) is 5.91 Å². The van der Waals surface area contributed by atoms with Gasteiger partial charge in [-0.3, -0.25) is 4.79 Å². The normalized spacial score (nSPS) is 16.0. The maximum atomic E-state index is 12.8. The summed E-state index contributed by atoms with van der Waals surface area (Å²) in [4.78, 5) is 14.8. The van der Waals surface area contributed by atoms with Crippen LogP contribution in [0.3, 0.4) is 0 Å². The molecule has 6 heteroatoms. The van der Waals surface area contributed by atoms with E-state index in [1.54, 1.807) is 0 Å². The zero-order valence-corrected chi connectivity index (χ0v) is 13.3. The third-order valence-electron chi connectivity index (χ3n) is 4.42. The van der Waals surface area contributed by atoms with Gasteiger partial charge in [0, 0.05) is 24.2 Å². The molecule has 1 fully saturated rings. The molecular weight excluding hydrogens is 278 g/mol. The Morgan fingerprint density at radius 1 is 1.23 bits per heavy atom. The van der Waals surface area contributed by atoms with E-state index < -0.39 is 0 Å². The molecule has 3 rings (SSSR count). The van der Waals surface area contributed by atoms with Crippen molar-refractivity contribution >= 4 is 5.91 Å². The largest absolute Gasteiger partial charge is 0.339 e. The molecule has 1 aromatic carbocycles. The summed E-state index contributed by atoms with van der Waals surface area (Å²) in [6.07, 6.45) is 2.18. The Balaban J connectivity index is 1.89. The van der Waals surface area contributed by atoms with Gasteiger partial charge in [0.15, 0.2) is 0 Å². The maximum absolute atomic E-state index is 12.8. The SMILES string of the molecule is Cc1cc(-c2nn[nH]n2)cc(C)c1C(=O)N1CCC(C)CC1. The molecule has 0 bridgehead atoms. The van der Waals surface area contributed by atoms with Gasteiger partial charge in [-0.25, -0.2) is 0 Å². The van der Waals surface area contributed by atoms with E-state index in [4.69, 9.17) is 0 Å². The number of rotatable bonds is 2. The van der Waals surface area contributed by atoms with Gasteiger partial charge in [0.2, 0.25) is 5.82 Å². The van der Waals surface area contributed by atoms with Crippen LogP contribution in [0.5, 0.6) is 0 Å². The van der Waals surface area contributed by atoms with Crippen molar-refractivity contribution in [3.63, 3.8) is 0 Å². The van der Waals surface area contributed by atoms with Crippen molar-refractivity contribution in [2.45, 2.75) is 33.6 Å². The third kappa shape index (κ3) is 2.73. The Morgan fingerprint density at radius 2 is 1.86 bits per heavy atom. The summed E-state index contributed by atoms with van der Waals surface area (Å²) < 4.78 is 0. The summed E-state index contributed by atoms with van der Waals surface area (Å²) in [6.45, 7) is 7.89. The number of carbonyl (C=O) groups is 1. The van der Waals surface area contributed by atoms with Gasteiger partial charge in [0.05, 0.1) is 0 Å². The number of nitrogens with zero attached hydrogens (tertiary/aromatic N) is 4. The van der Waals surface area contributed by atoms with Crippen molar-refractivity contribution < 1.29 is 4.79 Å². The molecule has 22 heavy (non-hydrogen) atoms. The smallest absolute Gasteiger partial charge is 0.254 e. The fourth-order valence-corrected chi connectivity index (χ4v) is 3.08. The number of likely N-dealkylation sites (tertiary alicyclic amines) is 1. The van der Waals surface area contributed by atoms with E-state index in [-0.39, 0.29) is 5.91 Å². The first-order chi connectivity index (χ1) is 10.6. The molecule has 1 aromatic heterocycles. The first-order valence-corrected chi connectivity index (χ1v) is 7.70. The van der Waals surface area contributed by atoms with Crippen LogP contribution in [0.25, 0.3) is 11.4 Å². The van der Waals surface area contributed by atoms with E-state index >= 15 is 0 Å². The Morgan fingerprint density at radius 3 is 2.41 bits per heavy atom. The predicted octanol–water partition coefficient (Wildman–Crippen LogP) is 2.36. The molecule has 0 atom stereocenters. The van der Waals surface area contributed by atoms with Gasteiger partial charge in [-0.1, -0.05) is 6.92 Å². The van der Waals surface area contributed by atoms with Gasteiger partial charge in [-0.05, 0) is 61.1 Å². The number of carbonyl (C=O) groups excluding carboxylic acids is 1. The number of nitrogens with one attached hydrogen (secondary N) is 1. The fourth-order valence-electron chi connectivity index (χ4n) is 3.08. The highest BCUT2D eigenvalue weighted by molar-refractivity contribution is 5.97. The lowest BCUT2D eigenvalue weighted by atomic mass is 9.95. The second-order valence-corrected chi connectivity index (χ2v) is 6.20. The lowest BCUT2D eigenvalue weighted by molar-refractivity contribution is 0.0696. The summed E-state index contributed by atoms with van der Waals surface area (Å²) in [5.41, 5.74) is 3.61. The number of hydrogen-bond acceptors (Lipinski definition) is 4. The van der Waals surface area contributed by atoms with Crippen molar-refractivity contribution in [1.29, 1.82) is 0 Å². The molecule has 1 aliphatic rings. The molecule has 0 saturated carbocycles. The van der Waals surface area contributed by atoms with Crippen molar-refractivity contribution in [2.24, 2.45) is 5.92 Å². The second kappa shape index (κ2) is 5.87. The van der Waals surface area contributed by atoms with Crippen LogP contribution in [0.15, 0.2) is 12.1 Å². The second-order valence-electron chi connectivity index (χ2n) is 6.20. The van der Waals surface area contributed by atoms with E-state index in [0.29, 0.717) is 11.7 Å². The molecule has 2 aromatic rings. The predicted molar refractivity (Wildman–Crippen MR) is 83.4 cm³/mol. The maximum Gasteiger partial charge on any atom is 0.254 e. The van der Waals surface area contributed by atoms with Crippen molar-refractivity contribution in [2.75, 3.05) is 13.1 Å². The van der Waals surface area contributed by atoms with E-state index in [9.17, 15) is 4.79 Å². The van der Waals surface area contributed by atoms with Crippen LogP contribution in [0, 0.1) is 19.8 Å². The minimum Gasteiger partial charge on any atom is -0.339 e. The number of H-pyrrole nitrogens is 1. The first kappa shape index (κ1) is 14.7. The van der Waals surface area contributed by atoms with Gasteiger partial charge >= 0.3 is 0 Å². The zero-order chi connectivity index (χ0) is 15.7. The average Bonchev–Trinajstić information content (AvgIpc) is 3.01. The lowest BCUT2D eigenvalue weighted by Gasteiger charge is -2.31. The highest BCUT2D eigenvalue weighted by Crippen LogP contribution is 2.25. The topological polar surface area (TPSA) is 74.8 Å². The number of tetrazole rings is 1. The number of amides is 1. The van der Waals surface area contributed by atoms with Crippen LogP contribution in [-0.4, -0.2) is 44.5 Å². The number of piperidine rings is 1. The molecule has 1 saturated heterocycles. The third-order valence-corrected chi connectivity index (χ3v) is 4.42. The highest BCUT2D eigenvalue weighted by Gasteiger charge is 2.24. The number of benzene rings is 1. The summed E-state index contributed by atoms with van der Waals surface area (Å²) in [5.74, 6) is 1.41. The summed E-state index contributed by atoms with van der Waals surface area (Å²) in [6, 6.07) is 3.91. The van der Waals surface area contributed by atoms with Crippen LogP contribution in [0.1, 0.15) is 41.3 Å². The summed E-state index contributed by atoms with van der Waals surface area (Å²) in [7, 11) is 0. The Kier molecular flexibility index (Phi) is 3.92. The first-order valence-electron chi connectivity index (χ1n) is 7.70. The summed E-state index contributed by atoms with van der Waals surface area (Å²) in [5, 5.41) is 14.0. The van der Waals surface area contributed by atoms with Crippen molar-refractivity contribution in [3.8, 4) is 11.4 Å². The lowest BCUT2D eigenvalue weighted by Crippen LogP contribution is -2.38. The quantitative estimate of drug-likeness (QED) is 0.923. The molecule has 0 aliphatic carbocycles. The number of hydrogen-bond donors (Lipinski definition) is 1. The van der Waals surface area contributed by atoms with Gasteiger partial charge in [0.1, 0.15) is 0 Å². The average molecular weight is 299 g/mol. The number of aromatic amines is 1. The molecule has 1 amide bonds. The van der Waals surface area contributed by atoms with E-state index in [1.165, 1.54) is 0 Å². The van der Waals surface area contributed by atoms with Gasteiger partial charge in [-0.15, -0.1) is 10.2 Å². The minimum atomic E-state index is 0.140. The van der Waals surface area contributed by atoms with E-state index in [1.807, 2.05) is 30.9 Å². The van der Waals surface area contributed by atoms with Gasteiger partial charge in [-0.2, -0.15) is 5.21 Å². The molecule has 0 radical (unpaired) electrons. The fraction of sp³-hybridized carbons (Fsp3) is 0.500. The molecule has 0 spiro atoms. The Labute approximate surface area is 129 Å². The summed E-state index contributed by atoms with van der Waals surface area (Å²) >= 11 is 0. The van der Waals surface area contributed by atoms with Crippen molar-refractivity contribution in [3.05, 3.63) is 28.8 Å². The van der Waals surface area contributed by atoms with Crippen molar-refractivity contribution in [1.82, 2.24) is 25.5 Å². The monoisotopic (exact) mass is 299 g/mol. The Hall–Kier alpha value is -2.24. The van der Waals surface area contributed by atoms with Crippen LogP contribution >= 0.6 is 0 Å². The zero-order valence-electron chi connectivity index (χ0n) is 13.3. The Bertz CT molecular complexity index is 649. The van der Waals surface area contributed by atoms with Gasteiger partial charge < -0.3 is 4.90 Å². The molecule has 116 valence electrons. The van der Waals surface area contributed by atoms with E-state index in [0.717, 1.165) is 48.2 Å². The highest BCUT2D eigenvalue weighted by atomic mass is 16.2. The molecule has 1 N–H and O–H groups in total. The minimum absolute atomic E-state index is 0.140. The molecule has 2 heterocycles. The number of aromatic nitrogens is 4. The number of aryl methyl sites for hydroxylation is 2. The van der Waals surface area contributed by atoms with Crippen LogP contribution in [-0.2, 0) is 0 Å². The van der Waals surface area contributed by atoms with Crippen LogP contribution < -0.4 is 0 Å². The molecular formula is C16H21N5O. The van der Waals surface area contributed by atoms with Crippen LogP contribution in [0.2, 0.25) is 0 Å². The van der Waals surface area contributed by atoms with Crippen LogP contribution in [0.4, 0.5) is 0 Å². The molecule has 1 aliphatic heterocycles. The molecule has 0 unspecified atom stereocenters. The molecule has 6 nitrogen and oxygen atoms in total. The standard InChI is InChI=1S/C16H21N5O/c1-10-4-6-21(7-5-10)16(22)14-11(2)8-13(9-12(14)3)15-17-19-20-18-15/h8-10H,4-7H2,1-3H3,(H,17,18,19,20).